The fourth-order valence-corrected chi connectivity index (χ4v) is 3.17. The van der Waals surface area contributed by atoms with Gasteiger partial charge in [0.15, 0.2) is 11.5 Å². The highest BCUT2D eigenvalue weighted by Crippen LogP contribution is 2.38. The van der Waals surface area contributed by atoms with Gasteiger partial charge in [-0.25, -0.2) is 14.3 Å². The first-order chi connectivity index (χ1) is 14.3. The van der Waals surface area contributed by atoms with Crippen LogP contribution in [0.15, 0.2) is 36.5 Å². The third-order valence-electron chi connectivity index (χ3n) is 4.52. The van der Waals surface area contributed by atoms with Crippen LogP contribution in [0.5, 0.6) is 0 Å². The molecule has 1 aromatic carbocycles. The number of aromatic nitrogens is 3. The molecule has 10 heteroatoms. The second-order valence-corrected chi connectivity index (χ2v) is 6.26. The zero-order chi connectivity index (χ0) is 21.9. The summed E-state index contributed by atoms with van der Waals surface area (Å²) in [6.07, 6.45) is -3.18. The number of nitrogens with zero attached hydrogens (tertiary/aromatic N) is 4. The van der Waals surface area contributed by atoms with Gasteiger partial charge >= 0.3 is 12.1 Å². The summed E-state index contributed by atoms with van der Waals surface area (Å²) in [5.41, 5.74) is -0.793. The summed E-state index contributed by atoms with van der Waals surface area (Å²) in [6.45, 7) is 5.92. The van der Waals surface area contributed by atoms with Crippen LogP contribution in [0.1, 0.15) is 29.8 Å². The summed E-state index contributed by atoms with van der Waals surface area (Å²) >= 11 is 0. The molecule has 1 N–H and O–H groups in total. The molecule has 0 amide bonds. The van der Waals surface area contributed by atoms with Gasteiger partial charge in [0.1, 0.15) is 5.56 Å². The Morgan fingerprint density at radius 3 is 2.50 bits per heavy atom. The molecule has 3 heterocycles. The van der Waals surface area contributed by atoms with Gasteiger partial charge in [-0.05, 0) is 30.3 Å². The number of carbonyl (C=O) groups is 1. The van der Waals surface area contributed by atoms with Crippen LogP contribution in [-0.2, 0) is 10.9 Å². The first kappa shape index (κ1) is 21.6. The first-order valence-corrected chi connectivity index (χ1v) is 9.47. The van der Waals surface area contributed by atoms with E-state index in [-0.39, 0.29) is 22.6 Å². The van der Waals surface area contributed by atoms with Crippen molar-refractivity contribution in [3.8, 4) is 11.4 Å². The van der Waals surface area contributed by atoms with Gasteiger partial charge in [-0.1, -0.05) is 13.8 Å². The van der Waals surface area contributed by atoms with Crippen LogP contribution in [0.4, 0.5) is 18.9 Å². The Balaban J connectivity index is 0.00000124. The van der Waals surface area contributed by atoms with E-state index in [0.717, 1.165) is 10.6 Å². The number of hydrogen-bond donors (Lipinski definition) is 1. The molecule has 0 radical (unpaired) electrons. The molecule has 0 atom stereocenters. The molecule has 0 bridgehead atoms. The van der Waals surface area contributed by atoms with Crippen LogP contribution >= 0.6 is 0 Å². The van der Waals surface area contributed by atoms with Crippen molar-refractivity contribution in [1.29, 1.82) is 0 Å². The minimum Gasteiger partial charge on any atom is -0.478 e. The van der Waals surface area contributed by atoms with E-state index in [4.69, 9.17) is 4.74 Å². The fourth-order valence-electron chi connectivity index (χ4n) is 3.17. The summed E-state index contributed by atoms with van der Waals surface area (Å²) in [5, 5.41) is 13.3. The molecular weight excluding hydrogens is 401 g/mol. The van der Waals surface area contributed by atoms with Crippen LogP contribution in [0.2, 0.25) is 0 Å². The lowest BCUT2D eigenvalue weighted by atomic mass is 10.0. The lowest BCUT2D eigenvalue weighted by molar-refractivity contribution is -0.137. The molecule has 4 rings (SSSR count). The largest absolute Gasteiger partial charge is 0.478 e. The summed E-state index contributed by atoms with van der Waals surface area (Å²) in [6, 6.07) is 6.75. The van der Waals surface area contributed by atoms with Crippen LogP contribution in [0, 0.1) is 0 Å². The van der Waals surface area contributed by atoms with Gasteiger partial charge in [0.25, 0.3) is 0 Å². The van der Waals surface area contributed by atoms with Gasteiger partial charge in [0.2, 0.25) is 0 Å². The van der Waals surface area contributed by atoms with E-state index in [1.54, 1.807) is 6.07 Å². The predicted octanol–water partition coefficient (Wildman–Crippen LogP) is 3.98. The van der Waals surface area contributed by atoms with E-state index in [2.05, 4.69) is 10.1 Å². The van der Waals surface area contributed by atoms with Gasteiger partial charge in [-0.15, -0.1) is 5.10 Å². The molecule has 1 aliphatic rings. The second kappa shape index (κ2) is 8.70. The van der Waals surface area contributed by atoms with Crippen LogP contribution < -0.4 is 4.90 Å². The monoisotopic (exact) mass is 422 g/mol. The van der Waals surface area contributed by atoms with Crippen molar-refractivity contribution < 1.29 is 27.8 Å². The Morgan fingerprint density at radius 2 is 1.87 bits per heavy atom. The van der Waals surface area contributed by atoms with E-state index >= 15 is 0 Å². The summed E-state index contributed by atoms with van der Waals surface area (Å²) in [7, 11) is 0. The average molecular weight is 422 g/mol. The number of fused-ring (bicyclic) bond motifs is 1. The molecule has 0 unspecified atom stereocenters. The van der Waals surface area contributed by atoms with Gasteiger partial charge < -0.3 is 14.7 Å². The van der Waals surface area contributed by atoms with E-state index < -0.39 is 17.7 Å². The molecule has 1 fully saturated rings. The van der Waals surface area contributed by atoms with Gasteiger partial charge in [0.05, 0.1) is 18.8 Å². The maximum Gasteiger partial charge on any atom is 0.417 e. The molecule has 1 saturated heterocycles. The molecule has 0 spiro atoms. The predicted molar refractivity (Wildman–Crippen MR) is 105 cm³/mol. The SMILES string of the molecule is CC.O=C(O)c1cccn2nc(-c3ccc(N4CCOCC4)cc3C(F)(F)F)nc12. The standard InChI is InChI=1S/C18H15F3N4O3.C2H6/c19-18(20,21)14-10-11(24-6-8-28-9-7-24)3-4-12(14)15-22-16-13(17(26)27)2-1-5-25(16)23-15;1-2/h1-5,10H,6-9H2,(H,26,27);1-2H3. The molecule has 1 aliphatic heterocycles. The Kier molecular flexibility index (Phi) is 6.25. The highest BCUT2D eigenvalue weighted by atomic mass is 19.4. The Morgan fingerprint density at radius 1 is 1.17 bits per heavy atom. The number of carboxylic acids is 1. The van der Waals surface area contributed by atoms with Crippen LogP contribution in [-0.4, -0.2) is 52.0 Å². The number of ether oxygens (including phenoxy) is 1. The number of aromatic carboxylic acids is 1. The molecule has 3 aromatic rings. The smallest absolute Gasteiger partial charge is 0.417 e. The lowest BCUT2D eigenvalue weighted by Crippen LogP contribution is -2.36. The highest BCUT2D eigenvalue weighted by Gasteiger charge is 2.35. The van der Waals surface area contributed by atoms with Crippen molar-refractivity contribution in [2.45, 2.75) is 20.0 Å². The van der Waals surface area contributed by atoms with Crippen molar-refractivity contribution in [3.05, 3.63) is 47.7 Å². The van der Waals surface area contributed by atoms with E-state index in [1.165, 1.54) is 24.4 Å². The molecule has 30 heavy (non-hydrogen) atoms. The lowest BCUT2D eigenvalue weighted by Gasteiger charge is -2.29. The number of carboxylic acid groups (broad SMARTS) is 1. The maximum atomic E-state index is 13.7. The second-order valence-electron chi connectivity index (χ2n) is 6.26. The molecule has 7 nitrogen and oxygen atoms in total. The minimum atomic E-state index is -4.62. The normalized spacial score (nSPS) is 14.4. The third-order valence-corrected chi connectivity index (χ3v) is 4.52. The average Bonchev–Trinajstić information content (AvgIpc) is 3.19. The number of halogens is 3. The number of benzene rings is 1. The Labute approximate surface area is 170 Å². The van der Waals surface area contributed by atoms with Crippen LogP contribution in [0.25, 0.3) is 17.0 Å². The summed E-state index contributed by atoms with van der Waals surface area (Å²) in [5.74, 6) is -1.42. The van der Waals surface area contributed by atoms with Crippen molar-refractivity contribution in [2.24, 2.45) is 0 Å². The van der Waals surface area contributed by atoms with E-state index in [0.29, 0.717) is 32.0 Å². The number of morpholine rings is 1. The number of pyridine rings is 1. The van der Waals surface area contributed by atoms with Crippen molar-refractivity contribution in [1.82, 2.24) is 14.6 Å². The number of hydrogen-bond acceptors (Lipinski definition) is 5. The van der Waals surface area contributed by atoms with E-state index in [1.807, 2.05) is 18.7 Å². The van der Waals surface area contributed by atoms with Crippen molar-refractivity contribution in [3.63, 3.8) is 0 Å². The summed E-state index contributed by atoms with van der Waals surface area (Å²) < 4.78 is 47.6. The first-order valence-electron chi connectivity index (χ1n) is 9.47. The Hall–Kier alpha value is -3.14. The van der Waals surface area contributed by atoms with Crippen LogP contribution in [0.3, 0.4) is 0 Å². The van der Waals surface area contributed by atoms with Crippen molar-refractivity contribution >= 4 is 17.3 Å². The number of alkyl halides is 3. The molecule has 160 valence electrons. The molecule has 0 aliphatic carbocycles. The summed E-state index contributed by atoms with van der Waals surface area (Å²) in [4.78, 5) is 17.2. The minimum absolute atomic E-state index is 0.0182. The fraction of sp³-hybridized carbons (Fsp3) is 0.350. The zero-order valence-electron chi connectivity index (χ0n) is 16.5. The Bertz CT molecular complexity index is 1040. The van der Waals surface area contributed by atoms with Gasteiger partial charge in [0, 0.05) is 30.5 Å². The number of rotatable bonds is 3. The van der Waals surface area contributed by atoms with Gasteiger partial charge in [-0.3, -0.25) is 0 Å². The molecule has 0 saturated carbocycles. The zero-order valence-corrected chi connectivity index (χ0v) is 16.5. The maximum absolute atomic E-state index is 13.7. The van der Waals surface area contributed by atoms with E-state index in [9.17, 15) is 23.1 Å². The third kappa shape index (κ3) is 4.23. The molecular formula is C20H21F3N4O3. The highest BCUT2D eigenvalue weighted by molar-refractivity contribution is 5.94. The topological polar surface area (TPSA) is 80.0 Å². The quantitative estimate of drug-likeness (QED) is 0.688. The van der Waals surface area contributed by atoms with Crippen molar-refractivity contribution in [2.75, 3.05) is 31.2 Å². The number of anilines is 1. The molecule has 2 aromatic heterocycles. The van der Waals surface area contributed by atoms with Gasteiger partial charge in [-0.2, -0.15) is 13.2 Å².